The molecule has 0 aliphatic rings. The van der Waals surface area contributed by atoms with Crippen LogP contribution < -0.4 is 0 Å². The fourth-order valence-corrected chi connectivity index (χ4v) is 2.37. The van der Waals surface area contributed by atoms with Crippen molar-refractivity contribution in [3.8, 4) is 0 Å². The molecule has 1 aromatic carbocycles. The van der Waals surface area contributed by atoms with Crippen molar-refractivity contribution in [3.63, 3.8) is 0 Å². The number of carbonyl (C=O) groups is 1. The van der Waals surface area contributed by atoms with E-state index in [1.165, 1.54) is 4.68 Å². The van der Waals surface area contributed by atoms with Gasteiger partial charge in [0.15, 0.2) is 0 Å². The fourth-order valence-electron chi connectivity index (χ4n) is 2.37. The lowest BCUT2D eigenvalue weighted by atomic mass is 9.95. The molecule has 0 fully saturated rings. The number of hydrogen-bond donors (Lipinski definition) is 0. The molecule has 0 aliphatic carbocycles. The van der Waals surface area contributed by atoms with Gasteiger partial charge in [0, 0.05) is 17.0 Å². The van der Waals surface area contributed by atoms with Gasteiger partial charge < -0.3 is 0 Å². The molecule has 0 aliphatic heterocycles. The molecule has 2 rings (SSSR count). The van der Waals surface area contributed by atoms with Crippen molar-refractivity contribution >= 4 is 5.91 Å². The number of nitrogens with zero attached hydrogens (tertiary/aromatic N) is 3. The Morgan fingerprint density at radius 3 is 2.52 bits per heavy atom. The van der Waals surface area contributed by atoms with E-state index >= 15 is 0 Å². The maximum absolute atomic E-state index is 12.3. The summed E-state index contributed by atoms with van der Waals surface area (Å²) in [7, 11) is 0. The third-order valence-corrected chi connectivity index (χ3v) is 3.31. The summed E-state index contributed by atoms with van der Waals surface area (Å²) >= 11 is 0. The zero-order valence-corrected chi connectivity index (χ0v) is 12.0. The van der Waals surface area contributed by atoms with E-state index in [9.17, 15) is 14.9 Å². The monoisotopic (exact) mass is 287 g/mol. The third kappa shape index (κ3) is 3.75. The summed E-state index contributed by atoms with van der Waals surface area (Å²) in [6, 6.07) is 10.9. The Bertz CT molecular complexity index is 649. The molecule has 0 saturated heterocycles. The molecule has 6 heteroatoms. The summed E-state index contributed by atoms with van der Waals surface area (Å²) in [4.78, 5) is 22.8. The van der Waals surface area contributed by atoms with Crippen LogP contribution in [0.3, 0.4) is 0 Å². The minimum absolute atomic E-state index is 0.0625. The first kappa shape index (κ1) is 14.9. The van der Waals surface area contributed by atoms with Crippen LogP contribution in [0, 0.1) is 24.0 Å². The summed E-state index contributed by atoms with van der Waals surface area (Å²) < 4.78 is 1.32. The lowest BCUT2D eigenvalue weighted by molar-refractivity contribution is -0.483. The predicted molar refractivity (Wildman–Crippen MR) is 78.0 cm³/mol. The second kappa shape index (κ2) is 6.30. The van der Waals surface area contributed by atoms with Gasteiger partial charge in [-0.25, -0.2) is 4.68 Å². The van der Waals surface area contributed by atoms with Gasteiger partial charge in [0.2, 0.25) is 12.5 Å². The summed E-state index contributed by atoms with van der Waals surface area (Å²) in [6.07, 6.45) is 0.0625. The van der Waals surface area contributed by atoms with Crippen molar-refractivity contribution in [2.24, 2.45) is 0 Å². The average Bonchev–Trinajstić information content (AvgIpc) is 2.77. The van der Waals surface area contributed by atoms with Gasteiger partial charge in [0.25, 0.3) is 0 Å². The predicted octanol–water partition coefficient (Wildman–Crippen LogP) is 2.59. The Kier molecular flexibility index (Phi) is 4.47. The van der Waals surface area contributed by atoms with Crippen molar-refractivity contribution in [1.29, 1.82) is 0 Å². The van der Waals surface area contributed by atoms with Crippen molar-refractivity contribution < 1.29 is 9.72 Å². The molecular formula is C15H17N3O3. The highest BCUT2D eigenvalue weighted by atomic mass is 16.6. The molecule has 0 amide bonds. The van der Waals surface area contributed by atoms with Crippen LogP contribution in [0.4, 0.5) is 0 Å². The minimum atomic E-state index is -0.447. The number of rotatable bonds is 5. The van der Waals surface area contributed by atoms with Crippen LogP contribution in [-0.2, 0) is 0 Å². The second-order valence-corrected chi connectivity index (χ2v) is 5.06. The van der Waals surface area contributed by atoms with E-state index in [2.05, 4.69) is 5.10 Å². The maximum Gasteiger partial charge on any atom is 0.247 e. The smallest absolute Gasteiger partial charge is 0.247 e. The maximum atomic E-state index is 12.3. The van der Waals surface area contributed by atoms with E-state index in [4.69, 9.17) is 0 Å². The van der Waals surface area contributed by atoms with E-state index in [1.54, 1.807) is 6.92 Å². The number of benzene rings is 1. The highest BCUT2D eigenvalue weighted by Crippen LogP contribution is 2.21. The number of nitro groups is 1. The van der Waals surface area contributed by atoms with Crippen LogP contribution >= 0.6 is 0 Å². The van der Waals surface area contributed by atoms with Crippen LogP contribution in [0.1, 0.15) is 34.1 Å². The quantitative estimate of drug-likeness (QED) is 0.625. The van der Waals surface area contributed by atoms with Crippen molar-refractivity contribution in [2.45, 2.75) is 26.2 Å². The normalized spacial score (nSPS) is 12.1. The highest BCUT2D eigenvalue weighted by molar-refractivity contribution is 5.79. The minimum Gasteiger partial charge on any atom is -0.273 e. The van der Waals surface area contributed by atoms with Gasteiger partial charge in [-0.05, 0) is 25.5 Å². The lowest BCUT2D eigenvalue weighted by Crippen LogP contribution is -2.21. The molecule has 0 unspecified atom stereocenters. The zero-order valence-electron chi connectivity index (χ0n) is 12.0. The van der Waals surface area contributed by atoms with Gasteiger partial charge in [-0.2, -0.15) is 5.10 Å². The molecule has 2 aromatic rings. The molecule has 1 atom stereocenters. The summed E-state index contributed by atoms with van der Waals surface area (Å²) in [5.41, 5.74) is 2.29. The molecule has 0 saturated carbocycles. The molecule has 1 heterocycles. The van der Waals surface area contributed by atoms with E-state index < -0.39 is 5.92 Å². The molecule has 0 N–H and O–H groups in total. The average molecular weight is 287 g/mol. The number of hydrogen-bond acceptors (Lipinski definition) is 4. The Morgan fingerprint density at radius 2 is 2.00 bits per heavy atom. The van der Waals surface area contributed by atoms with Crippen LogP contribution in [0.25, 0.3) is 0 Å². The Balaban J connectivity index is 2.21. The van der Waals surface area contributed by atoms with E-state index in [0.717, 1.165) is 17.0 Å². The second-order valence-electron chi connectivity index (χ2n) is 5.06. The lowest BCUT2D eigenvalue weighted by Gasteiger charge is -2.13. The molecular weight excluding hydrogens is 270 g/mol. The molecule has 110 valence electrons. The number of aromatic nitrogens is 2. The SMILES string of the molecule is Cc1cc(C)n(C(=O)C[C@@H](C[N+](=O)[O-])c2ccccc2)n1. The van der Waals surface area contributed by atoms with Crippen LogP contribution in [0.5, 0.6) is 0 Å². The summed E-state index contributed by atoms with van der Waals surface area (Å²) in [6.45, 7) is 3.33. The van der Waals surface area contributed by atoms with Crippen molar-refractivity contribution in [2.75, 3.05) is 6.54 Å². The van der Waals surface area contributed by atoms with E-state index in [-0.39, 0.29) is 23.8 Å². The summed E-state index contributed by atoms with van der Waals surface area (Å²) in [5.74, 6) is -0.672. The molecule has 0 radical (unpaired) electrons. The number of carbonyl (C=O) groups excluding carboxylic acids is 1. The van der Waals surface area contributed by atoms with Crippen LogP contribution in [0.2, 0.25) is 0 Å². The molecule has 21 heavy (non-hydrogen) atoms. The van der Waals surface area contributed by atoms with Gasteiger partial charge in [-0.3, -0.25) is 14.9 Å². The Hall–Kier alpha value is -2.50. The fraction of sp³-hybridized carbons (Fsp3) is 0.333. The zero-order chi connectivity index (χ0) is 15.4. The highest BCUT2D eigenvalue weighted by Gasteiger charge is 2.23. The van der Waals surface area contributed by atoms with Gasteiger partial charge >= 0.3 is 0 Å². The first-order valence-corrected chi connectivity index (χ1v) is 6.70. The van der Waals surface area contributed by atoms with E-state index in [1.807, 2.05) is 43.3 Å². The van der Waals surface area contributed by atoms with Crippen LogP contribution in [-0.4, -0.2) is 27.2 Å². The van der Waals surface area contributed by atoms with Gasteiger partial charge in [0.05, 0.1) is 11.6 Å². The largest absolute Gasteiger partial charge is 0.273 e. The van der Waals surface area contributed by atoms with Crippen LogP contribution in [0.15, 0.2) is 36.4 Å². The molecule has 0 bridgehead atoms. The number of aryl methyl sites for hydroxylation is 2. The topological polar surface area (TPSA) is 78.0 Å². The third-order valence-electron chi connectivity index (χ3n) is 3.31. The van der Waals surface area contributed by atoms with E-state index in [0.29, 0.717) is 0 Å². The van der Waals surface area contributed by atoms with Crippen molar-refractivity contribution in [3.05, 3.63) is 63.5 Å². The first-order chi connectivity index (χ1) is 9.97. The standard InChI is InChI=1S/C15H17N3O3/c1-11-8-12(2)18(16-11)15(19)9-14(10-17(20)21)13-6-4-3-5-7-13/h3-8,14H,9-10H2,1-2H3/t14-/m0/s1. The molecule has 0 spiro atoms. The summed E-state index contributed by atoms with van der Waals surface area (Å²) in [5, 5.41) is 15.0. The molecule has 6 nitrogen and oxygen atoms in total. The Morgan fingerprint density at radius 1 is 1.33 bits per heavy atom. The Labute approximate surface area is 122 Å². The molecule has 1 aromatic heterocycles. The van der Waals surface area contributed by atoms with Gasteiger partial charge in [-0.15, -0.1) is 0 Å². The van der Waals surface area contributed by atoms with Crippen molar-refractivity contribution in [1.82, 2.24) is 9.78 Å². The van der Waals surface area contributed by atoms with Gasteiger partial charge in [0.1, 0.15) is 0 Å². The van der Waals surface area contributed by atoms with Gasteiger partial charge in [-0.1, -0.05) is 30.3 Å². The first-order valence-electron chi connectivity index (χ1n) is 6.70.